The monoisotopic (exact) mass is 371 g/mol. The molecule has 140 valence electrons. The van der Waals surface area contributed by atoms with Gasteiger partial charge in [0.2, 0.25) is 0 Å². The molecule has 0 saturated heterocycles. The molecule has 1 unspecified atom stereocenters. The number of benzene rings is 2. The molecular weight excluding hydrogens is 352 g/mol. The summed E-state index contributed by atoms with van der Waals surface area (Å²) in [7, 11) is 0. The minimum atomic E-state index is -1.03. The first-order valence-corrected chi connectivity index (χ1v) is 8.61. The molecule has 2 aromatic rings. The van der Waals surface area contributed by atoms with Crippen molar-refractivity contribution in [3.8, 4) is 0 Å². The lowest BCUT2D eigenvalue weighted by Crippen LogP contribution is -2.37. The van der Waals surface area contributed by atoms with Crippen molar-refractivity contribution in [3.63, 3.8) is 0 Å². The smallest absolute Gasteiger partial charge is 0.274 e. The van der Waals surface area contributed by atoms with Crippen LogP contribution in [0.25, 0.3) is 0 Å². The number of hydrogen-bond donors (Lipinski definition) is 0. The topological polar surface area (TPSA) is 53.0 Å². The number of amides is 1. The van der Waals surface area contributed by atoms with Crippen molar-refractivity contribution in [2.24, 2.45) is 5.10 Å². The first-order valence-electron chi connectivity index (χ1n) is 8.61. The highest BCUT2D eigenvalue weighted by atomic mass is 19.2. The molecule has 0 radical (unpaired) electrons. The SMILES string of the molecule is CCN(C(=O)C1=NN(c2ccccc2)C(C(C)=O)C1)c1ccc(F)c(F)c1. The minimum Gasteiger partial charge on any atom is -0.307 e. The molecule has 0 N–H and O–H groups in total. The first kappa shape index (κ1) is 18.7. The Balaban J connectivity index is 1.92. The number of carbonyl (C=O) groups excluding carboxylic acids is 2. The first-order chi connectivity index (χ1) is 12.9. The molecule has 1 aliphatic rings. The second-order valence-corrected chi connectivity index (χ2v) is 6.21. The van der Waals surface area contributed by atoms with E-state index in [1.54, 1.807) is 19.1 Å². The number of Topliss-reactive ketones (excluding diaryl/α,β-unsaturated/α-hetero) is 1. The van der Waals surface area contributed by atoms with Crippen molar-refractivity contribution in [2.75, 3.05) is 16.5 Å². The van der Waals surface area contributed by atoms with Gasteiger partial charge in [0.25, 0.3) is 5.91 Å². The lowest BCUT2D eigenvalue weighted by atomic mass is 10.1. The van der Waals surface area contributed by atoms with Crippen molar-refractivity contribution < 1.29 is 18.4 Å². The van der Waals surface area contributed by atoms with E-state index in [1.807, 2.05) is 18.2 Å². The van der Waals surface area contributed by atoms with E-state index >= 15 is 0 Å². The number of rotatable bonds is 5. The van der Waals surface area contributed by atoms with Gasteiger partial charge in [-0.2, -0.15) is 5.10 Å². The number of nitrogens with zero attached hydrogens (tertiary/aromatic N) is 3. The van der Waals surface area contributed by atoms with Gasteiger partial charge in [0.05, 0.1) is 5.69 Å². The molecule has 1 aliphatic heterocycles. The zero-order chi connectivity index (χ0) is 19.6. The van der Waals surface area contributed by atoms with E-state index in [0.29, 0.717) is 5.69 Å². The highest BCUT2D eigenvalue weighted by Crippen LogP contribution is 2.27. The third-order valence-electron chi connectivity index (χ3n) is 4.42. The van der Waals surface area contributed by atoms with Gasteiger partial charge < -0.3 is 4.90 Å². The molecule has 27 heavy (non-hydrogen) atoms. The van der Waals surface area contributed by atoms with Crippen molar-refractivity contribution >= 4 is 28.8 Å². The Morgan fingerprint density at radius 3 is 2.44 bits per heavy atom. The summed E-state index contributed by atoms with van der Waals surface area (Å²) in [5, 5.41) is 5.90. The zero-order valence-electron chi connectivity index (χ0n) is 15.0. The van der Waals surface area contributed by atoms with Crippen molar-refractivity contribution in [1.82, 2.24) is 0 Å². The van der Waals surface area contributed by atoms with E-state index in [-0.39, 0.29) is 30.1 Å². The standard InChI is InChI=1S/C20H19F2N3O2/c1-3-24(15-9-10-16(21)17(22)11-15)20(27)18-12-19(13(2)26)25(23-18)14-7-5-4-6-8-14/h4-11,19H,3,12H2,1-2H3. The maximum atomic E-state index is 13.6. The molecule has 2 aromatic carbocycles. The number of ketones is 1. The number of hydrazone groups is 1. The fourth-order valence-corrected chi connectivity index (χ4v) is 3.03. The van der Waals surface area contributed by atoms with Gasteiger partial charge in [-0.25, -0.2) is 8.78 Å². The van der Waals surface area contributed by atoms with Crippen LogP contribution >= 0.6 is 0 Å². The van der Waals surface area contributed by atoms with Crippen molar-refractivity contribution in [2.45, 2.75) is 26.3 Å². The minimum absolute atomic E-state index is 0.110. The van der Waals surface area contributed by atoms with Gasteiger partial charge >= 0.3 is 0 Å². The predicted molar refractivity (Wildman–Crippen MR) is 99.8 cm³/mol. The van der Waals surface area contributed by atoms with E-state index < -0.39 is 23.6 Å². The van der Waals surface area contributed by atoms with Crippen molar-refractivity contribution in [3.05, 3.63) is 60.2 Å². The summed E-state index contributed by atoms with van der Waals surface area (Å²) in [6.07, 6.45) is 0.156. The van der Waals surface area contributed by atoms with E-state index in [4.69, 9.17) is 0 Å². The molecule has 7 heteroatoms. The molecule has 1 atom stereocenters. The number of para-hydroxylation sites is 1. The number of carbonyl (C=O) groups is 2. The summed E-state index contributed by atoms with van der Waals surface area (Å²) in [5.74, 6) is -2.55. The van der Waals surface area contributed by atoms with Crippen LogP contribution in [0.3, 0.4) is 0 Å². The highest BCUT2D eigenvalue weighted by molar-refractivity contribution is 6.45. The van der Waals surface area contributed by atoms with Gasteiger partial charge in [0.15, 0.2) is 17.4 Å². The van der Waals surface area contributed by atoms with Crippen LogP contribution in [0.1, 0.15) is 20.3 Å². The van der Waals surface area contributed by atoms with E-state index in [0.717, 1.165) is 12.1 Å². The molecule has 0 spiro atoms. The second-order valence-electron chi connectivity index (χ2n) is 6.21. The largest absolute Gasteiger partial charge is 0.307 e. The van der Waals surface area contributed by atoms with Crippen LogP contribution in [-0.4, -0.2) is 30.0 Å². The fraction of sp³-hybridized carbons (Fsp3) is 0.250. The molecule has 1 heterocycles. The normalized spacial score (nSPS) is 16.2. The highest BCUT2D eigenvalue weighted by Gasteiger charge is 2.36. The van der Waals surface area contributed by atoms with Crippen LogP contribution in [0.2, 0.25) is 0 Å². The summed E-state index contributed by atoms with van der Waals surface area (Å²) in [6.45, 7) is 3.43. The van der Waals surface area contributed by atoms with Crippen LogP contribution in [0.5, 0.6) is 0 Å². The molecule has 0 fully saturated rings. The molecule has 3 rings (SSSR count). The Hall–Kier alpha value is -3.09. The summed E-state index contributed by atoms with van der Waals surface area (Å²) in [4.78, 5) is 26.3. The van der Waals surface area contributed by atoms with Gasteiger partial charge in [-0.15, -0.1) is 0 Å². The van der Waals surface area contributed by atoms with Gasteiger partial charge in [0, 0.05) is 24.7 Å². The molecular formula is C20H19F2N3O2. The molecule has 0 saturated carbocycles. The lowest BCUT2D eigenvalue weighted by Gasteiger charge is -2.21. The molecule has 0 aliphatic carbocycles. The second kappa shape index (κ2) is 7.65. The van der Waals surface area contributed by atoms with Gasteiger partial charge in [0.1, 0.15) is 11.8 Å². The van der Waals surface area contributed by atoms with Crippen molar-refractivity contribution in [1.29, 1.82) is 0 Å². The van der Waals surface area contributed by atoms with Crippen LogP contribution in [0, 0.1) is 11.6 Å². The molecule has 5 nitrogen and oxygen atoms in total. The number of anilines is 2. The fourth-order valence-electron chi connectivity index (χ4n) is 3.03. The van der Waals surface area contributed by atoms with E-state index in [9.17, 15) is 18.4 Å². The maximum absolute atomic E-state index is 13.6. The van der Waals surface area contributed by atoms with Crippen LogP contribution in [0.15, 0.2) is 53.6 Å². The number of hydrogen-bond acceptors (Lipinski definition) is 4. The van der Waals surface area contributed by atoms with E-state index in [2.05, 4.69) is 5.10 Å². The quantitative estimate of drug-likeness (QED) is 0.808. The third-order valence-corrected chi connectivity index (χ3v) is 4.42. The Bertz CT molecular complexity index is 899. The van der Waals surface area contributed by atoms with Crippen LogP contribution < -0.4 is 9.91 Å². The Morgan fingerprint density at radius 1 is 1.15 bits per heavy atom. The summed E-state index contributed by atoms with van der Waals surface area (Å²) in [6, 6.07) is 11.8. The van der Waals surface area contributed by atoms with Gasteiger partial charge in [-0.3, -0.25) is 14.6 Å². The van der Waals surface area contributed by atoms with E-state index in [1.165, 1.54) is 22.9 Å². The number of halogens is 2. The average molecular weight is 371 g/mol. The maximum Gasteiger partial charge on any atom is 0.274 e. The van der Waals surface area contributed by atoms with Gasteiger partial charge in [-0.05, 0) is 38.1 Å². The average Bonchev–Trinajstić information content (AvgIpc) is 3.11. The Morgan fingerprint density at radius 2 is 1.85 bits per heavy atom. The van der Waals surface area contributed by atoms with Crippen LogP contribution in [-0.2, 0) is 9.59 Å². The Labute approximate surface area is 155 Å². The summed E-state index contributed by atoms with van der Waals surface area (Å²) < 4.78 is 26.8. The third kappa shape index (κ3) is 3.72. The zero-order valence-corrected chi connectivity index (χ0v) is 15.0. The molecule has 1 amide bonds. The summed E-state index contributed by atoms with van der Waals surface area (Å²) in [5.41, 5.74) is 1.14. The molecule has 0 bridgehead atoms. The van der Waals surface area contributed by atoms with Gasteiger partial charge in [-0.1, -0.05) is 18.2 Å². The Kier molecular flexibility index (Phi) is 5.30. The van der Waals surface area contributed by atoms with Crippen LogP contribution in [0.4, 0.5) is 20.2 Å². The summed E-state index contributed by atoms with van der Waals surface area (Å²) >= 11 is 0. The predicted octanol–water partition coefficient (Wildman–Crippen LogP) is 3.54. The molecule has 0 aromatic heterocycles. The lowest BCUT2D eigenvalue weighted by molar-refractivity contribution is -0.118.